The number of nitrogens with one attached hydrogen (secondary N) is 1. The van der Waals surface area contributed by atoms with Crippen LogP contribution in [0, 0.1) is 0 Å². The molecule has 0 bridgehead atoms. The highest BCUT2D eigenvalue weighted by molar-refractivity contribution is 6.29. The second-order valence-electron chi connectivity index (χ2n) is 3.16. The van der Waals surface area contributed by atoms with Gasteiger partial charge in [-0.15, -0.1) is 0 Å². The molecule has 13 heavy (non-hydrogen) atoms. The molecule has 1 saturated heterocycles. The van der Waals surface area contributed by atoms with Crippen LogP contribution in [-0.2, 0) is 9.53 Å². The summed E-state index contributed by atoms with van der Waals surface area (Å²) in [6, 6.07) is 0. The van der Waals surface area contributed by atoms with Gasteiger partial charge in [-0.2, -0.15) is 0 Å². The number of nitrogens with two attached hydrogens (primary N) is 1. The molecule has 0 aliphatic carbocycles. The van der Waals surface area contributed by atoms with Gasteiger partial charge in [0.15, 0.2) is 0 Å². The minimum atomic E-state index is -0.883. The lowest BCUT2D eigenvalue weighted by molar-refractivity contribution is -0.126. The van der Waals surface area contributed by atoms with E-state index < -0.39 is 5.54 Å². The van der Waals surface area contributed by atoms with Gasteiger partial charge in [0.1, 0.15) is 5.54 Å². The van der Waals surface area contributed by atoms with E-state index >= 15 is 0 Å². The summed E-state index contributed by atoms with van der Waals surface area (Å²) < 4.78 is 5.05. The van der Waals surface area contributed by atoms with E-state index in [0.717, 1.165) is 0 Å². The van der Waals surface area contributed by atoms with Crippen LogP contribution in [0.15, 0.2) is 11.6 Å². The molecule has 0 radical (unpaired) electrons. The third-order valence-electron chi connectivity index (χ3n) is 1.95. The van der Waals surface area contributed by atoms with Gasteiger partial charge in [-0.3, -0.25) is 4.79 Å². The maximum absolute atomic E-state index is 11.5. The van der Waals surface area contributed by atoms with Gasteiger partial charge >= 0.3 is 0 Å². The van der Waals surface area contributed by atoms with Gasteiger partial charge in [0, 0.05) is 11.6 Å². The van der Waals surface area contributed by atoms with E-state index in [1.807, 2.05) is 0 Å². The van der Waals surface area contributed by atoms with Crippen LogP contribution < -0.4 is 11.1 Å². The van der Waals surface area contributed by atoms with Crippen molar-refractivity contribution in [1.82, 2.24) is 5.32 Å². The molecule has 74 valence electrons. The Morgan fingerprint density at radius 2 is 2.46 bits per heavy atom. The first kappa shape index (κ1) is 10.5. The SMILES string of the molecule is C=C(Cl)CNC(=O)C1(N)CCOC1. The molecular formula is C8H13ClN2O2. The summed E-state index contributed by atoms with van der Waals surface area (Å²) in [6.45, 7) is 4.51. The number of ether oxygens (including phenoxy) is 1. The van der Waals surface area contributed by atoms with Crippen LogP contribution in [0.25, 0.3) is 0 Å². The third-order valence-corrected chi connectivity index (χ3v) is 2.08. The average Bonchev–Trinajstić information content (AvgIpc) is 2.49. The Kier molecular flexibility index (Phi) is 3.30. The van der Waals surface area contributed by atoms with Crippen LogP contribution in [0.2, 0.25) is 0 Å². The van der Waals surface area contributed by atoms with Crippen LogP contribution in [0.1, 0.15) is 6.42 Å². The van der Waals surface area contributed by atoms with Crippen molar-refractivity contribution in [1.29, 1.82) is 0 Å². The quantitative estimate of drug-likeness (QED) is 0.679. The van der Waals surface area contributed by atoms with Gasteiger partial charge in [0.2, 0.25) is 5.91 Å². The van der Waals surface area contributed by atoms with E-state index in [1.54, 1.807) is 0 Å². The van der Waals surface area contributed by atoms with E-state index in [4.69, 9.17) is 22.1 Å². The van der Waals surface area contributed by atoms with Crippen molar-refractivity contribution in [2.45, 2.75) is 12.0 Å². The molecule has 0 aromatic heterocycles. The molecular weight excluding hydrogens is 192 g/mol. The molecule has 1 aliphatic heterocycles. The van der Waals surface area contributed by atoms with E-state index in [-0.39, 0.29) is 19.1 Å². The third kappa shape index (κ3) is 2.69. The first-order chi connectivity index (χ1) is 6.04. The minimum Gasteiger partial charge on any atom is -0.379 e. The van der Waals surface area contributed by atoms with Crippen LogP contribution in [0.3, 0.4) is 0 Å². The fourth-order valence-electron chi connectivity index (χ4n) is 1.11. The predicted molar refractivity (Wildman–Crippen MR) is 50.4 cm³/mol. The highest BCUT2D eigenvalue weighted by atomic mass is 35.5. The van der Waals surface area contributed by atoms with E-state index in [0.29, 0.717) is 18.1 Å². The standard InChI is InChI=1S/C8H13ClN2O2/c1-6(9)4-11-7(12)8(10)2-3-13-5-8/h1-5,10H2,(H,11,12). The van der Waals surface area contributed by atoms with Crippen molar-refractivity contribution < 1.29 is 9.53 Å². The summed E-state index contributed by atoms with van der Waals surface area (Å²) in [6.07, 6.45) is 0.549. The van der Waals surface area contributed by atoms with Crippen molar-refractivity contribution in [2.75, 3.05) is 19.8 Å². The second kappa shape index (κ2) is 4.09. The molecule has 1 fully saturated rings. The number of carbonyl (C=O) groups is 1. The van der Waals surface area contributed by atoms with E-state index in [9.17, 15) is 4.79 Å². The zero-order chi connectivity index (χ0) is 9.90. The molecule has 1 atom stereocenters. The molecule has 1 heterocycles. The lowest BCUT2D eigenvalue weighted by Crippen LogP contribution is -2.54. The number of halogens is 1. The topological polar surface area (TPSA) is 64.4 Å². The lowest BCUT2D eigenvalue weighted by Gasteiger charge is -2.20. The molecule has 1 amide bonds. The molecule has 4 nitrogen and oxygen atoms in total. The normalized spacial score (nSPS) is 27.2. The van der Waals surface area contributed by atoms with E-state index in [2.05, 4.69) is 11.9 Å². The van der Waals surface area contributed by atoms with Crippen molar-refractivity contribution in [3.63, 3.8) is 0 Å². The predicted octanol–water partition coefficient (Wildman–Crippen LogP) is -0.0271. The van der Waals surface area contributed by atoms with Crippen molar-refractivity contribution in [3.05, 3.63) is 11.6 Å². The Hall–Kier alpha value is -0.580. The van der Waals surface area contributed by atoms with Crippen molar-refractivity contribution in [2.24, 2.45) is 5.73 Å². The molecule has 1 aliphatic rings. The minimum absolute atomic E-state index is 0.230. The van der Waals surface area contributed by atoms with Gasteiger partial charge in [0.25, 0.3) is 0 Å². The summed E-state index contributed by atoms with van der Waals surface area (Å²) in [7, 11) is 0. The smallest absolute Gasteiger partial charge is 0.242 e. The number of hydrogen-bond acceptors (Lipinski definition) is 3. The van der Waals surface area contributed by atoms with Gasteiger partial charge in [-0.1, -0.05) is 18.2 Å². The fraction of sp³-hybridized carbons (Fsp3) is 0.625. The van der Waals surface area contributed by atoms with Crippen molar-refractivity contribution in [3.8, 4) is 0 Å². The Labute approximate surface area is 82.1 Å². The summed E-state index contributed by atoms with van der Waals surface area (Å²) in [5.74, 6) is -0.230. The number of hydrogen-bond donors (Lipinski definition) is 2. The Morgan fingerprint density at radius 3 is 2.92 bits per heavy atom. The summed E-state index contributed by atoms with van der Waals surface area (Å²) in [4.78, 5) is 11.5. The fourth-order valence-corrected chi connectivity index (χ4v) is 1.18. The van der Waals surface area contributed by atoms with Crippen molar-refractivity contribution >= 4 is 17.5 Å². The largest absolute Gasteiger partial charge is 0.379 e. The summed E-state index contributed by atoms with van der Waals surface area (Å²) in [5, 5.41) is 2.97. The van der Waals surface area contributed by atoms with Gasteiger partial charge in [0.05, 0.1) is 13.2 Å². The number of rotatable bonds is 3. The maximum Gasteiger partial charge on any atom is 0.242 e. The summed E-state index contributed by atoms with van der Waals surface area (Å²) >= 11 is 5.49. The van der Waals surface area contributed by atoms with Gasteiger partial charge in [-0.25, -0.2) is 0 Å². The molecule has 0 aromatic rings. The molecule has 3 N–H and O–H groups in total. The first-order valence-corrected chi connectivity index (χ1v) is 4.40. The molecule has 0 aromatic carbocycles. The second-order valence-corrected chi connectivity index (χ2v) is 3.69. The molecule has 1 rings (SSSR count). The Morgan fingerprint density at radius 1 is 1.77 bits per heavy atom. The molecule has 0 saturated carbocycles. The number of carbonyl (C=O) groups excluding carboxylic acids is 1. The van der Waals surface area contributed by atoms with Gasteiger partial charge in [-0.05, 0) is 6.42 Å². The van der Waals surface area contributed by atoms with Crippen LogP contribution in [-0.4, -0.2) is 31.2 Å². The lowest BCUT2D eigenvalue weighted by atomic mass is 9.99. The first-order valence-electron chi connectivity index (χ1n) is 4.03. The summed E-state index contributed by atoms with van der Waals surface area (Å²) in [5.41, 5.74) is 4.90. The maximum atomic E-state index is 11.5. The number of amides is 1. The van der Waals surface area contributed by atoms with Gasteiger partial charge < -0.3 is 15.8 Å². The van der Waals surface area contributed by atoms with Crippen LogP contribution >= 0.6 is 11.6 Å². The average molecular weight is 205 g/mol. The Balaban J connectivity index is 2.42. The van der Waals surface area contributed by atoms with Crippen LogP contribution in [0.4, 0.5) is 0 Å². The zero-order valence-electron chi connectivity index (χ0n) is 7.31. The Bertz CT molecular complexity index is 224. The molecule has 5 heteroatoms. The molecule has 0 spiro atoms. The molecule has 1 unspecified atom stereocenters. The van der Waals surface area contributed by atoms with Crippen LogP contribution in [0.5, 0.6) is 0 Å². The zero-order valence-corrected chi connectivity index (χ0v) is 8.06. The highest BCUT2D eigenvalue weighted by Gasteiger charge is 2.37. The van der Waals surface area contributed by atoms with E-state index in [1.165, 1.54) is 0 Å². The highest BCUT2D eigenvalue weighted by Crippen LogP contribution is 2.15. The monoisotopic (exact) mass is 204 g/mol.